The smallest absolute Gasteiger partial charge is 0.0426 e. The first-order valence-corrected chi connectivity index (χ1v) is 6.37. The molecular weight excluding hydrogens is 220 g/mol. The van der Waals surface area contributed by atoms with Gasteiger partial charge >= 0.3 is 0 Å². The molecule has 0 spiro atoms. The standard InChI is InChI=1S/C13H19ClN2/c1-10-4-5-11(14)9-13(10)16-8-6-12-3-2-7-15-12/h4-5,9,12,15-16H,2-3,6-8H2,1H3. The Morgan fingerprint density at radius 1 is 1.50 bits per heavy atom. The van der Waals surface area contributed by atoms with Gasteiger partial charge in [-0.25, -0.2) is 0 Å². The van der Waals surface area contributed by atoms with Crippen LogP contribution in [0.5, 0.6) is 0 Å². The molecule has 1 aliphatic heterocycles. The van der Waals surface area contributed by atoms with Crippen LogP contribution in [0.25, 0.3) is 0 Å². The summed E-state index contributed by atoms with van der Waals surface area (Å²) in [4.78, 5) is 0. The minimum atomic E-state index is 0.701. The van der Waals surface area contributed by atoms with Crippen molar-refractivity contribution in [3.63, 3.8) is 0 Å². The van der Waals surface area contributed by atoms with Crippen LogP contribution in [0.1, 0.15) is 24.8 Å². The van der Waals surface area contributed by atoms with Gasteiger partial charge in [0.1, 0.15) is 0 Å². The molecule has 3 heteroatoms. The van der Waals surface area contributed by atoms with E-state index < -0.39 is 0 Å². The molecule has 2 N–H and O–H groups in total. The molecule has 0 aromatic heterocycles. The molecule has 0 radical (unpaired) electrons. The van der Waals surface area contributed by atoms with E-state index >= 15 is 0 Å². The Labute approximate surface area is 102 Å². The molecule has 1 aromatic rings. The summed E-state index contributed by atoms with van der Waals surface area (Å²) in [7, 11) is 0. The summed E-state index contributed by atoms with van der Waals surface area (Å²) in [5.41, 5.74) is 2.41. The van der Waals surface area contributed by atoms with Gasteiger partial charge in [0.2, 0.25) is 0 Å². The zero-order chi connectivity index (χ0) is 11.4. The monoisotopic (exact) mass is 238 g/mol. The number of hydrogen-bond acceptors (Lipinski definition) is 2. The summed E-state index contributed by atoms with van der Waals surface area (Å²) in [5.74, 6) is 0. The molecule has 16 heavy (non-hydrogen) atoms. The zero-order valence-electron chi connectivity index (χ0n) is 9.72. The maximum atomic E-state index is 5.97. The average molecular weight is 239 g/mol. The van der Waals surface area contributed by atoms with Crippen LogP contribution in [-0.2, 0) is 0 Å². The molecule has 2 nitrogen and oxygen atoms in total. The highest BCUT2D eigenvalue weighted by Crippen LogP contribution is 2.20. The van der Waals surface area contributed by atoms with Gasteiger partial charge in [0.15, 0.2) is 0 Å². The van der Waals surface area contributed by atoms with Gasteiger partial charge in [0.05, 0.1) is 0 Å². The fraction of sp³-hybridized carbons (Fsp3) is 0.538. The second-order valence-corrected chi connectivity index (χ2v) is 4.90. The van der Waals surface area contributed by atoms with Crippen LogP contribution in [-0.4, -0.2) is 19.1 Å². The summed E-state index contributed by atoms with van der Waals surface area (Å²) < 4.78 is 0. The van der Waals surface area contributed by atoms with Gasteiger partial charge in [0, 0.05) is 23.3 Å². The minimum Gasteiger partial charge on any atom is -0.385 e. The van der Waals surface area contributed by atoms with Gasteiger partial charge in [-0.1, -0.05) is 17.7 Å². The first kappa shape index (κ1) is 11.7. The molecule has 1 atom stereocenters. The fourth-order valence-corrected chi connectivity index (χ4v) is 2.34. The Balaban J connectivity index is 1.82. The van der Waals surface area contributed by atoms with Crippen LogP contribution in [0.15, 0.2) is 18.2 Å². The molecule has 0 bridgehead atoms. The van der Waals surface area contributed by atoms with Crippen LogP contribution in [0, 0.1) is 6.92 Å². The SMILES string of the molecule is Cc1ccc(Cl)cc1NCCC1CCCN1. The van der Waals surface area contributed by atoms with Crippen LogP contribution < -0.4 is 10.6 Å². The van der Waals surface area contributed by atoms with Crippen molar-refractivity contribution in [1.29, 1.82) is 0 Å². The maximum absolute atomic E-state index is 5.97. The molecule has 1 heterocycles. The van der Waals surface area contributed by atoms with Crippen molar-refractivity contribution in [2.45, 2.75) is 32.2 Å². The second-order valence-electron chi connectivity index (χ2n) is 4.47. The van der Waals surface area contributed by atoms with Crippen molar-refractivity contribution in [3.8, 4) is 0 Å². The Hall–Kier alpha value is -0.730. The van der Waals surface area contributed by atoms with E-state index in [4.69, 9.17) is 11.6 Å². The predicted molar refractivity (Wildman–Crippen MR) is 70.3 cm³/mol. The molecule has 1 aliphatic rings. The lowest BCUT2D eigenvalue weighted by molar-refractivity contribution is 0.574. The van der Waals surface area contributed by atoms with Crippen LogP contribution in [0.3, 0.4) is 0 Å². The molecule has 0 amide bonds. The van der Waals surface area contributed by atoms with Crippen molar-refractivity contribution in [2.24, 2.45) is 0 Å². The van der Waals surface area contributed by atoms with E-state index in [-0.39, 0.29) is 0 Å². The lowest BCUT2D eigenvalue weighted by Crippen LogP contribution is -2.24. The van der Waals surface area contributed by atoms with E-state index in [2.05, 4.69) is 23.6 Å². The Bertz CT molecular complexity index is 346. The normalized spacial score (nSPS) is 20.0. The Morgan fingerprint density at radius 3 is 3.12 bits per heavy atom. The highest BCUT2D eigenvalue weighted by atomic mass is 35.5. The van der Waals surface area contributed by atoms with Gasteiger partial charge in [-0.15, -0.1) is 0 Å². The fourth-order valence-electron chi connectivity index (χ4n) is 2.17. The number of aryl methyl sites for hydroxylation is 1. The summed E-state index contributed by atoms with van der Waals surface area (Å²) in [6, 6.07) is 6.69. The predicted octanol–water partition coefficient (Wildman–Crippen LogP) is 3.20. The van der Waals surface area contributed by atoms with Gasteiger partial charge < -0.3 is 10.6 Å². The molecule has 1 unspecified atom stereocenters. The van der Waals surface area contributed by atoms with Gasteiger partial charge in [-0.3, -0.25) is 0 Å². The van der Waals surface area contributed by atoms with Crippen LogP contribution in [0.2, 0.25) is 5.02 Å². The zero-order valence-corrected chi connectivity index (χ0v) is 10.5. The minimum absolute atomic E-state index is 0.701. The molecule has 88 valence electrons. The van der Waals surface area contributed by atoms with Crippen molar-refractivity contribution in [1.82, 2.24) is 5.32 Å². The third kappa shape index (κ3) is 3.13. The summed E-state index contributed by atoms with van der Waals surface area (Å²) in [6.07, 6.45) is 3.82. The number of benzene rings is 1. The number of rotatable bonds is 4. The lowest BCUT2D eigenvalue weighted by atomic mass is 10.1. The lowest BCUT2D eigenvalue weighted by Gasteiger charge is -2.13. The van der Waals surface area contributed by atoms with E-state index in [1.54, 1.807) is 0 Å². The quantitative estimate of drug-likeness (QED) is 0.842. The van der Waals surface area contributed by atoms with Gasteiger partial charge in [-0.2, -0.15) is 0 Å². The van der Waals surface area contributed by atoms with Crippen molar-refractivity contribution < 1.29 is 0 Å². The van der Waals surface area contributed by atoms with Crippen molar-refractivity contribution in [3.05, 3.63) is 28.8 Å². The average Bonchev–Trinajstić information content (AvgIpc) is 2.76. The van der Waals surface area contributed by atoms with E-state index in [9.17, 15) is 0 Å². The van der Waals surface area contributed by atoms with Crippen molar-refractivity contribution >= 4 is 17.3 Å². The number of nitrogens with one attached hydrogen (secondary N) is 2. The van der Waals surface area contributed by atoms with E-state index in [0.29, 0.717) is 6.04 Å². The molecule has 0 saturated carbocycles. The number of hydrogen-bond donors (Lipinski definition) is 2. The highest BCUT2D eigenvalue weighted by molar-refractivity contribution is 6.30. The molecule has 1 aromatic carbocycles. The Kier molecular flexibility index (Phi) is 4.08. The number of halogens is 1. The van der Waals surface area contributed by atoms with Crippen molar-refractivity contribution in [2.75, 3.05) is 18.4 Å². The first-order valence-electron chi connectivity index (χ1n) is 5.99. The summed E-state index contributed by atoms with van der Waals surface area (Å²) in [5, 5.41) is 7.76. The van der Waals surface area contributed by atoms with Crippen LogP contribution in [0.4, 0.5) is 5.69 Å². The highest BCUT2D eigenvalue weighted by Gasteiger charge is 2.12. The first-order chi connectivity index (χ1) is 7.75. The third-order valence-electron chi connectivity index (χ3n) is 3.17. The summed E-state index contributed by atoms with van der Waals surface area (Å²) >= 11 is 5.97. The topological polar surface area (TPSA) is 24.1 Å². The molecule has 0 aliphatic carbocycles. The molecular formula is C13H19ClN2. The largest absolute Gasteiger partial charge is 0.385 e. The van der Waals surface area contributed by atoms with E-state index in [0.717, 1.165) is 17.3 Å². The maximum Gasteiger partial charge on any atom is 0.0426 e. The van der Waals surface area contributed by atoms with E-state index in [1.807, 2.05) is 12.1 Å². The molecule has 1 saturated heterocycles. The number of anilines is 1. The van der Waals surface area contributed by atoms with Gasteiger partial charge in [-0.05, 0) is 50.4 Å². The van der Waals surface area contributed by atoms with Gasteiger partial charge in [0.25, 0.3) is 0 Å². The third-order valence-corrected chi connectivity index (χ3v) is 3.41. The van der Waals surface area contributed by atoms with Crippen LogP contribution >= 0.6 is 11.6 Å². The van der Waals surface area contributed by atoms with E-state index in [1.165, 1.54) is 31.4 Å². The molecule has 1 fully saturated rings. The molecule has 2 rings (SSSR count). The summed E-state index contributed by atoms with van der Waals surface area (Å²) in [6.45, 7) is 4.30. The second kappa shape index (κ2) is 5.55. The Morgan fingerprint density at radius 2 is 2.38 bits per heavy atom.